The lowest BCUT2D eigenvalue weighted by Crippen LogP contribution is -2.40. The maximum atomic E-state index is 12.7. The van der Waals surface area contributed by atoms with Crippen LogP contribution in [0.15, 0.2) is 36.5 Å². The molecule has 0 saturated carbocycles. The summed E-state index contributed by atoms with van der Waals surface area (Å²) in [5.74, 6) is -2.02. The first-order chi connectivity index (χ1) is 27.1. The Morgan fingerprint density at radius 2 is 0.964 bits per heavy atom. The second-order valence-electron chi connectivity index (χ2n) is 16.4. The van der Waals surface area contributed by atoms with Crippen molar-refractivity contribution in [2.45, 2.75) is 200 Å². The van der Waals surface area contributed by atoms with Crippen LogP contribution in [0.25, 0.3) is 0 Å². The number of allylic oxidation sites excluding steroid dienone is 6. The Morgan fingerprint density at radius 3 is 1.43 bits per heavy atom. The van der Waals surface area contributed by atoms with Gasteiger partial charge in [-0.25, -0.2) is 4.79 Å². The van der Waals surface area contributed by atoms with Gasteiger partial charge >= 0.3 is 17.9 Å². The van der Waals surface area contributed by atoms with E-state index < -0.39 is 24.3 Å². The summed E-state index contributed by atoms with van der Waals surface area (Å²) in [4.78, 5) is 37.0. The number of ether oxygens (including phenoxy) is 4. The van der Waals surface area contributed by atoms with Crippen LogP contribution < -0.4 is 0 Å². The van der Waals surface area contributed by atoms with Crippen molar-refractivity contribution in [3.05, 3.63) is 36.5 Å². The Hall–Kier alpha value is -2.49. The van der Waals surface area contributed by atoms with Crippen molar-refractivity contribution < 1.29 is 42.9 Å². The molecule has 0 aliphatic rings. The molecule has 9 nitrogen and oxygen atoms in total. The number of hydrogen-bond donors (Lipinski definition) is 1. The van der Waals surface area contributed by atoms with E-state index in [0.29, 0.717) is 23.9 Å². The number of carboxylic acids is 1. The van der Waals surface area contributed by atoms with Crippen LogP contribution in [-0.4, -0.2) is 87.4 Å². The SMILES string of the molecule is CCCCCCC/C=C\C/C=C\C/C=C\CCCCCCCCC(=O)OC(COC(=O)CCCCCCCCCCCC)COC(OCC[N+](C)(C)C)C(=O)O. The van der Waals surface area contributed by atoms with Crippen molar-refractivity contribution >= 4 is 17.9 Å². The highest BCUT2D eigenvalue weighted by molar-refractivity contribution is 5.71. The van der Waals surface area contributed by atoms with E-state index in [-0.39, 0.29) is 32.2 Å². The monoisotopic (exact) mass is 793 g/mol. The van der Waals surface area contributed by atoms with Crippen molar-refractivity contribution in [3.63, 3.8) is 0 Å². The fraction of sp³-hybridized carbons (Fsp3) is 0.809. The van der Waals surface area contributed by atoms with Crippen molar-refractivity contribution in [2.75, 3.05) is 47.5 Å². The van der Waals surface area contributed by atoms with Gasteiger partial charge in [-0.05, 0) is 51.4 Å². The lowest BCUT2D eigenvalue weighted by molar-refractivity contribution is -0.870. The molecule has 2 unspecified atom stereocenters. The standard InChI is InChI=1S/C47H85NO8/c1-6-8-10-12-14-16-18-19-20-21-22-23-24-25-26-27-28-30-32-34-36-38-45(50)56-43(42-55-47(46(51)52)53-40-39-48(3,4)5)41-54-44(49)37-35-33-31-29-17-15-13-11-9-7-2/h18-19,21-22,24-25,43,47H,6-17,20,23,26-42H2,1-5H3/p+1/b19-18-,22-21-,25-24-. The molecule has 0 aliphatic heterocycles. The third kappa shape index (κ3) is 39.7. The number of carbonyl (C=O) groups is 3. The Labute approximate surface area is 343 Å². The molecule has 0 amide bonds. The molecule has 326 valence electrons. The summed E-state index contributed by atoms with van der Waals surface area (Å²) in [5, 5.41) is 9.62. The number of aliphatic carboxylic acids is 1. The molecule has 9 heteroatoms. The number of rotatable bonds is 41. The molecule has 0 spiro atoms. The number of esters is 2. The van der Waals surface area contributed by atoms with Crippen molar-refractivity contribution in [1.29, 1.82) is 0 Å². The zero-order valence-corrected chi connectivity index (χ0v) is 36.8. The van der Waals surface area contributed by atoms with Gasteiger partial charge in [0.05, 0.1) is 34.4 Å². The van der Waals surface area contributed by atoms with Crippen LogP contribution in [0, 0.1) is 0 Å². The van der Waals surface area contributed by atoms with E-state index in [1.165, 1.54) is 96.3 Å². The number of nitrogens with zero attached hydrogens (tertiary/aromatic N) is 1. The highest BCUT2D eigenvalue weighted by Gasteiger charge is 2.25. The van der Waals surface area contributed by atoms with Gasteiger partial charge in [-0.15, -0.1) is 0 Å². The van der Waals surface area contributed by atoms with Gasteiger partial charge in [0.2, 0.25) is 0 Å². The van der Waals surface area contributed by atoms with Crippen LogP contribution in [0.5, 0.6) is 0 Å². The normalized spacial score (nSPS) is 13.2. The number of hydrogen-bond acceptors (Lipinski definition) is 7. The average Bonchev–Trinajstić information content (AvgIpc) is 3.15. The second-order valence-corrected chi connectivity index (χ2v) is 16.4. The third-order valence-corrected chi connectivity index (χ3v) is 9.65. The zero-order chi connectivity index (χ0) is 41.4. The number of carboxylic acid groups (broad SMARTS) is 1. The van der Waals surface area contributed by atoms with E-state index in [2.05, 4.69) is 50.3 Å². The summed E-state index contributed by atoms with van der Waals surface area (Å²) in [5.41, 5.74) is 0. The van der Waals surface area contributed by atoms with Gasteiger partial charge in [0.1, 0.15) is 13.2 Å². The van der Waals surface area contributed by atoms with Gasteiger partial charge in [0.25, 0.3) is 6.29 Å². The molecule has 56 heavy (non-hydrogen) atoms. The minimum Gasteiger partial charge on any atom is -0.477 e. The highest BCUT2D eigenvalue weighted by Crippen LogP contribution is 2.14. The molecular weight excluding hydrogens is 707 g/mol. The van der Waals surface area contributed by atoms with Gasteiger partial charge in [-0.3, -0.25) is 9.59 Å². The van der Waals surface area contributed by atoms with Crippen molar-refractivity contribution in [1.82, 2.24) is 0 Å². The van der Waals surface area contributed by atoms with E-state index in [4.69, 9.17) is 18.9 Å². The molecule has 0 aromatic rings. The number of quaternary nitrogens is 1. The minimum atomic E-state index is -1.51. The first-order valence-corrected chi connectivity index (χ1v) is 22.7. The van der Waals surface area contributed by atoms with Crippen LogP contribution >= 0.6 is 0 Å². The molecule has 0 fully saturated rings. The third-order valence-electron chi connectivity index (χ3n) is 9.65. The molecule has 2 atom stereocenters. The van der Waals surface area contributed by atoms with Gasteiger partial charge in [-0.2, -0.15) is 0 Å². The first kappa shape index (κ1) is 53.5. The van der Waals surface area contributed by atoms with Gasteiger partial charge in [0.15, 0.2) is 6.10 Å². The molecule has 1 N–H and O–H groups in total. The summed E-state index contributed by atoms with van der Waals surface area (Å²) < 4.78 is 22.7. The minimum absolute atomic E-state index is 0.185. The maximum Gasteiger partial charge on any atom is 0.361 e. The Bertz CT molecular complexity index is 1020. The van der Waals surface area contributed by atoms with Crippen molar-refractivity contribution in [2.24, 2.45) is 0 Å². The predicted molar refractivity (Wildman–Crippen MR) is 230 cm³/mol. The molecule has 0 saturated heterocycles. The van der Waals surface area contributed by atoms with E-state index in [9.17, 15) is 19.5 Å². The van der Waals surface area contributed by atoms with Crippen LogP contribution in [0.2, 0.25) is 0 Å². The topological polar surface area (TPSA) is 108 Å². The van der Waals surface area contributed by atoms with Gasteiger partial charge < -0.3 is 28.5 Å². The van der Waals surface area contributed by atoms with Gasteiger partial charge in [-0.1, -0.05) is 159 Å². The summed E-state index contributed by atoms with van der Waals surface area (Å²) >= 11 is 0. The fourth-order valence-electron chi connectivity index (χ4n) is 6.08. The number of unbranched alkanes of at least 4 members (excludes halogenated alkanes) is 20. The smallest absolute Gasteiger partial charge is 0.361 e. The van der Waals surface area contributed by atoms with Crippen molar-refractivity contribution in [3.8, 4) is 0 Å². The van der Waals surface area contributed by atoms with Crippen LogP contribution in [0.3, 0.4) is 0 Å². The predicted octanol–water partition coefficient (Wildman–Crippen LogP) is 11.8. The van der Waals surface area contributed by atoms with Crippen LogP contribution in [-0.2, 0) is 33.3 Å². The summed E-state index contributed by atoms with van der Waals surface area (Å²) in [6.45, 7) is 4.82. The molecule has 0 aromatic heterocycles. The molecular formula is C47H86NO8+. The van der Waals surface area contributed by atoms with E-state index in [1.807, 2.05) is 21.1 Å². The second kappa shape index (κ2) is 39.3. The molecule has 0 bridgehead atoms. The summed E-state index contributed by atoms with van der Waals surface area (Å²) in [6.07, 6.45) is 40.6. The lowest BCUT2D eigenvalue weighted by Gasteiger charge is -2.25. The molecule has 0 heterocycles. The molecule has 0 aromatic carbocycles. The van der Waals surface area contributed by atoms with E-state index in [1.54, 1.807) is 0 Å². The first-order valence-electron chi connectivity index (χ1n) is 22.7. The summed E-state index contributed by atoms with van der Waals surface area (Å²) in [6, 6.07) is 0. The highest BCUT2D eigenvalue weighted by atomic mass is 16.7. The molecule has 0 radical (unpaired) electrons. The Kier molecular flexibility index (Phi) is 37.6. The quantitative estimate of drug-likeness (QED) is 0.0214. The van der Waals surface area contributed by atoms with Crippen LogP contribution in [0.4, 0.5) is 0 Å². The molecule has 0 aliphatic carbocycles. The number of carbonyl (C=O) groups excluding carboxylic acids is 2. The largest absolute Gasteiger partial charge is 0.477 e. The number of likely N-dealkylation sites (N-methyl/N-ethyl adjacent to an activating group) is 1. The average molecular weight is 793 g/mol. The maximum absolute atomic E-state index is 12.7. The lowest BCUT2D eigenvalue weighted by atomic mass is 10.1. The Morgan fingerprint density at radius 1 is 0.536 bits per heavy atom. The van der Waals surface area contributed by atoms with E-state index >= 15 is 0 Å². The summed E-state index contributed by atoms with van der Waals surface area (Å²) in [7, 11) is 5.95. The zero-order valence-electron chi connectivity index (χ0n) is 36.8. The molecule has 0 rings (SSSR count). The van der Waals surface area contributed by atoms with Gasteiger partial charge in [0, 0.05) is 12.8 Å². The Balaban J connectivity index is 4.40. The fourth-order valence-corrected chi connectivity index (χ4v) is 6.08. The van der Waals surface area contributed by atoms with Crippen LogP contribution in [0.1, 0.15) is 187 Å². The van der Waals surface area contributed by atoms with E-state index in [0.717, 1.165) is 57.8 Å².